The van der Waals surface area contributed by atoms with Gasteiger partial charge in [0.1, 0.15) is 29.5 Å². The minimum atomic E-state index is -0.406. The number of hydrogen-bond acceptors (Lipinski definition) is 4. The average Bonchev–Trinajstić information content (AvgIpc) is 3.17. The first-order chi connectivity index (χ1) is 13.0. The summed E-state index contributed by atoms with van der Waals surface area (Å²) in [6.45, 7) is 1.93. The van der Waals surface area contributed by atoms with Gasteiger partial charge in [-0.1, -0.05) is 23.2 Å². The number of pyridine rings is 2. The number of halogens is 3. The Labute approximate surface area is 164 Å². The zero-order chi connectivity index (χ0) is 19.0. The predicted molar refractivity (Wildman–Crippen MR) is 103 cm³/mol. The van der Waals surface area contributed by atoms with Crippen molar-refractivity contribution in [3.05, 3.63) is 70.1 Å². The van der Waals surface area contributed by atoms with E-state index >= 15 is 0 Å². The molecule has 136 valence electrons. The topological polar surface area (TPSA) is 63.7 Å². The molecule has 0 fully saturated rings. The molecule has 0 atom stereocenters. The standard InChI is InChI=1S/C19H13Cl2FN4O/c1-10-6-11(19-24-4-5-25-19)17-15(22)2-3-16(18(17)26-10)27-9-12-13(20)7-23-8-14(12)21/h2-8H,9H2,1H3,(H,24,25). The van der Waals surface area contributed by atoms with Gasteiger partial charge in [0, 0.05) is 41.6 Å². The lowest BCUT2D eigenvalue weighted by Crippen LogP contribution is -2.01. The van der Waals surface area contributed by atoms with E-state index in [2.05, 4.69) is 19.9 Å². The number of aromatic amines is 1. The number of nitrogens with zero attached hydrogens (tertiary/aromatic N) is 3. The second-order valence-corrected chi connectivity index (χ2v) is 6.70. The van der Waals surface area contributed by atoms with Crippen LogP contribution in [-0.4, -0.2) is 19.9 Å². The van der Waals surface area contributed by atoms with Crippen molar-refractivity contribution in [1.29, 1.82) is 0 Å². The van der Waals surface area contributed by atoms with Crippen LogP contribution < -0.4 is 4.74 Å². The first-order valence-electron chi connectivity index (χ1n) is 8.05. The van der Waals surface area contributed by atoms with Crippen molar-refractivity contribution in [2.45, 2.75) is 13.5 Å². The number of H-pyrrole nitrogens is 1. The molecule has 0 spiro atoms. The van der Waals surface area contributed by atoms with Crippen LogP contribution >= 0.6 is 23.2 Å². The maximum Gasteiger partial charge on any atom is 0.146 e. The van der Waals surface area contributed by atoms with Crippen LogP contribution in [0.5, 0.6) is 5.75 Å². The molecule has 4 rings (SSSR count). The van der Waals surface area contributed by atoms with Gasteiger partial charge in [0.15, 0.2) is 0 Å². The molecule has 5 nitrogen and oxygen atoms in total. The Morgan fingerprint density at radius 3 is 2.67 bits per heavy atom. The summed E-state index contributed by atoms with van der Waals surface area (Å²) in [5, 5.41) is 1.13. The van der Waals surface area contributed by atoms with E-state index in [0.29, 0.717) is 49.3 Å². The summed E-state index contributed by atoms with van der Waals surface area (Å²) >= 11 is 12.3. The summed E-state index contributed by atoms with van der Waals surface area (Å²) in [4.78, 5) is 15.6. The fourth-order valence-electron chi connectivity index (χ4n) is 2.85. The smallest absolute Gasteiger partial charge is 0.146 e. The minimum Gasteiger partial charge on any atom is -0.487 e. The lowest BCUT2D eigenvalue weighted by Gasteiger charge is -2.13. The van der Waals surface area contributed by atoms with E-state index in [1.165, 1.54) is 18.5 Å². The molecule has 0 unspecified atom stereocenters. The van der Waals surface area contributed by atoms with Crippen LogP contribution in [0.15, 0.2) is 43.0 Å². The molecule has 0 bridgehead atoms. The van der Waals surface area contributed by atoms with Crippen LogP contribution in [-0.2, 0) is 6.61 Å². The molecule has 8 heteroatoms. The second kappa shape index (κ2) is 7.13. The highest BCUT2D eigenvalue weighted by molar-refractivity contribution is 6.35. The molecule has 3 aromatic heterocycles. The SMILES string of the molecule is Cc1cc(-c2ncc[nH]2)c2c(F)ccc(OCc3c(Cl)cncc3Cl)c2n1. The highest BCUT2D eigenvalue weighted by Gasteiger charge is 2.17. The first-order valence-corrected chi connectivity index (χ1v) is 8.80. The molecule has 0 aliphatic rings. The third kappa shape index (κ3) is 3.34. The molecule has 0 saturated heterocycles. The van der Waals surface area contributed by atoms with Gasteiger partial charge < -0.3 is 9.72 Å². The van der Waals surface area contributed by atoms with Gasteiger partial charge >= 0.3 is 0 Å². The van der Waals surface area contributed by atoms with Crippen molar-refractivity contribution in [1.82, 2.24) is 19.9 Å². The number of aryl methyl sites for hydroxylation is 1. The average molecular weight is 403 g/mol. The van der Waals surface area contributed by atoms with Gasteiger partial charge in [-0.25, -0.2) is 14.4 Å². The van der Waals surface area contributed by atoms with Crippen LogP contribution in [0.3, 0.4) is 0 Å². The normalized spacial score (nSPS) is 11.1. The Bertz CT molecular complexity index is 1110. The monoisotopic (exact) mass is 402 g/mol. The van der Waals surface area contributed by atoms with Crippen molar-refractivity contribution >= 4 is 34.1 Å². The van der Waals surface area contributed by atoms with E-state index in [-0.39, 0.29) is 6.61 Å². The van der Waals surface area contributed by atoms with E-state index < -0.39 is 5.82 Å². The molecule has 3 heterocycles. The summed E-state index contributed by atoms with van der Waals surface area (Å²) < 4.78 is 20.5. The minimum absolute atomic E-state index is 0.104. The molecular weight excluding hydrogens is 390 g/mol. The Kier molecular flexibility index (Phi) is 4.68. The van der Waals surface area contributed by atoms with Crippen LogP contribution in [0.1, 0.15) is 11.3 Å². The second-order valence-electron chi connectivity index (χ2n) is 5.89. The van der Waals surface area contributed by atoms with Crippen molar-refractivity contribution in [3.63, 3.8) is 0 Å². The van der Waals surface area contributed by atoms with Gasteiger partial charge in [-0.3, -0.25) is 4.98 Å². The van der Waals surface area contributed by atoms with Crippen LogP contribution in [0, 0.1) is 12.7 Å². The Morgan fingerprint density at radius 2 is 1.96 bits per heavy atom. The van der Waals surface area contributed by atoms with Crippen LogP contribution in [0.25, 0.3) is 22.3 Å². The van der Waals surface area contributed by atoms with E-state index in [9.17, 15) is 4.39 Å². The molecule has 4 aromatic rings. The van der Waals surface area contributed by atoms with Gasteiger partial charge in [0.25, 0.3) is 0 Å². The largest absolute Gasteiger partial charge is 0.487 e. The van der Waals surface area contributed by atoms with Crippen LogP contribution in [0.4, 0.5) is 4.39 Å². The van der Waals surface area contributed by atoms with E-state index in [4.69, 9.17) is 27.9 Å². The van der Waals surface area contributed by atoms with Crippen molar-refractivity contribution < 1.29 is 9.13 Å². The predicted octanol–water partition coefficient (Wildman–Crippen LogP) is 5.35. The molecular formula is C19H13Cl2FN4O. The van der Waals surface area contributed by atoms with Gasteiger partial charge in [-0.05, 0) is 25.1 Å². The first kappa shape index (κ1) is 17.7. The summed E-state index contributed by atoms with van der Waals surface area (Å²) in [7, 11) is 0. The third-order valence-corrected chi connectivity index (χ3v) is 4.73. The van der Waals surface area contributed by atoms with Gasteiger partial charge in [-0.2, -0.15) is 0 Å². The lowest BCUT2D eigenvalue weighted by atomic mass is 10.1. The maximum absolute atomic E-state index is 14.7. The highest BCUT2D eigenvalue weighted by atomic mass is 35.5. The van der Waals surface area contributed by atoms with E-state index in [1.807, 2.05) is 6.92 Å². The summed E-state index contributed by atoms with van der Waals surface area (Å²) in [5.74, 6) is 0.574. The zero-order valence-electron chi connectivity index (χ0n) is 14.1. The van der Waals surface area contributed by atoms with Gasteiger partial charge in [-0.15, -0.1) is 0 Å². The fraction of sp³-hybridized carbons (Fsp3) is 0.105. The number of nitrogens with one attached hydrogen (secondary N) is 1. The summed E-state index contributed by atoms with van der Waals surface area (Å²) in [5.41, 5.74) is 2.34. The number of fused-ring (bicyclic) bond motifs is 1. The van der Waals surface area contributed by atoms with Gasteiger partial charge in [0.05, 0.1) is 15.4 Å². The highest BCUT2D eigenvalue weighted by Crippen LogP contribution is 2.34. The van der Waals surface area contributed by atoms with Crippen molar-refractivity contribution in [3.8, 4) is 17.1 Å². The summed E-state index contributed by atoms with van der Waals surface area (Å²) in [6, 6.07) is 4.67. The number of ether oxygens (including phenoxy) is 1. The molecule has 0 aliphatic heterocycles. The Hall–Kier alpha value is -2.70. The Morgan fingerprint density at radius 1 is 1.19 bits per heavy atom. The lowest BCUT2D eigenvalue weighted by molar-refractivity contribution is 0.309. The number of benzene rings is 1. The molecule has 0 amide bonds. The molecule has 0 saturated carbocycles. The zero-order valence-corrected chi connectivity index (χ0v) is 15.6. The molecule has 27 heavy (non-hydrogen) atoms. The third-order valence-electron chi connectivity index (χ3n) is 4.08. The Balaban J connectivity index is 1.82. The molecule has 1 N–H and O–H groups in total. The fourth-order valence-corrected chi connectivity index (χ4v) is 3.32. The summed E-state index contributed by atoms with van der Waals surface area (Å²) in [6.07, 6.45) is 6.28. The molecule has 0 radical (unpaired) electrons. The van der Waals surface area contributed by atoms with Crippen molar-refractivity contribution in [2.24, 2.45) is 0 Å². The van der Waals surface area contributed by atoms with E-state index in [0.717, 1.165) is 0 Å². The number of hydrogen-bond donors (Lipinski definition) is 1. The number of aromatic nitrogens is 4. The molecule has 1 aromatic carbocycles. The quantitative estimate of drug-likeness (QED) is 0.499. The van der Waals surface area contributed by atoms with Crippen molar-refractivity contribution in [2.75, 3.05) is 0 Å². The number of rotatable bonds is 4. The maximum atomic E-state index is 14.7. The van der Waals surface area contributed by atoms with E-state index in [1.54, 1.807) is 24.5 Å². The van der Waals surface area contributed by atoms with Crippen LogP contribution in [0.2, 0.25) is 10.0 Å². The molecule has 0 aliphatic carbocycles. The van der Waals surface area contributed by atoms with Gasteiger partial charge in [0.2, 0.25) is 0 Å². The number of imidazole rings is 1.